The molecule has 2 rings (SSSR count). The molecule has 0 saturated carbocycles. The van der Waals surface area contributed by atoms with E-state index in [2.05, 4.69) is 13.1 Å². The van der Waals surface area contributed by atoms with Gasteiger partial charge in [0.25, 0.3) is 5.56 Å². The lowest BCUT2D eigenvalue weighted by molar-refractivity contribution is -0.267. The molecule has 2 unspecified atom stereocenters. The van der Waals surface area contributed by atoms with Gasteiger partial charge in [0, 0.05) is 19.4 Å². The van der Waals surface area contributed by atoms with Gasteiger partial charge in [-0.05, 0) is 0 Å². The Morgan fingerprint density at radius 2 is 1.81 bits per heavy atom. The Kier molecular flexibility index (Phi) is 7.65. The summed E-state index contributed by atoms with van der Waals surface area (Å²) < 4.78 is 56.5. The van der Waals surface area contributed by atoms with E-state index in [1.54, 1.807) is 0 Å². The number of aliphatic hydroxyl groups excluding tert-OH is 1. The number of methoxy groups -OCH3 is 1. The molecular formula is C10H18N3O15P3. The molecule has 178 valence electrons. The van der Waals surface area contributed by atoms with Crippen molar-refractivity contribution >= 4 is 23.5 Å². The second-order valence-electron chi connectivity index (χ2n) is 5.93. The fraction of sp³-hybridized carbons (Fsp3) is 0.600. The Morgan fingerprint density at radius 3 is 2.32 bits per heavy atom. The smallest absolute Gasteiger partial charge is 0.386 e. The molecule has 1 saturated heterocycles. The topological polar surface area (TPSA) is 279 Å². The van der Waals surface area contributed by atoms with Crippen LogP contribution in [-0.4, -0.2) is 65.9 Å². The molecule has 1 fully saturated rings. The lowest BCUT2D eigenvalue weighted by atomic mass is 10.1. The first-order valence-electron chi connectivity index (χ1n) is 7.77. The van der Waals surface area contributed by atoms with Gasteiger partial charge in [-0.15, -0.1) is 0 Å². The maximum atomic E-state index is 11.9. The van der Waals surface area contributed by atoms with Crippen molar-refractivity contribution in [2.75, 3.05) is 13.7 Å². The molecule has 0 radical (unpaired) electrons. The van der Waals surface area contributed by atoms with Crippen molar-refractivity contribution in [3.63, 3.8) is 0 Å². The van der Waals surface area contributed by atoms with E-state index in [1.165, 1.54) is 0 Å². The van der Waals surface area contributed by atoms with Crippen molar-refractivity contribution in [3.8, 4) is 0 Å². The largest absolute Gasteiger partial charge is 0.490 e. The SMILES string of the molecule is CO[C@]1(COP(=O)(O)OP(=O)(O)OP(=O)(O)O)O[C@@H](n2ccc(=O)[nH]c2=O)[C@H](N)[C@@H]1O. The fourth-order valence-corrected chi connectivity index (χ4v) is 5.53. The minimum absolute atomic E-state index is 0.737. The number of aliphatic hydroxyl groups is 1. The quantitative estimate of drug-likeness (QED) is 0.167. The summed E-state index contributed by atoms with van der Waals surface area (Å²) >= 11 is 0. The van der Waals surface area contributed by atoms with Crippen LogP contribution in [0.3, 0.4) is 0 Å². The molecule has 18 nitrogen and oxygen atoms in total. The number of nitrogens with two attached hydrogens (primary N) is 1. The second kappa shape index (κ2) is 9.05. The number of rotatable bonds is 9. The van der Waals surface area contributed by atoms with Gasteiger partial charge in [0.05, 0.1) is 6.04 Å². The van der Waals surface area contributed by atoms with E-state index >= 15 is 0 Å². The molecule has 0 amide bonds. The molecule has 1 aromatic heterocycles. The fourth-order valence-electron chi connectivity index (χ4n) is 2.49. The summed E-state index contributed by atoms with van der Waals surface area (Å²) in [4.78, 5) is 60.8. The van der Waals surface area contributed by atoms with Crippen molar-refractivity contribution in [2.24, 2.45) is 5.73 Å². The maximum Gasteiger partial charge on any atom is 0.490 e. The lowest BCUT2D eigenvalue weighted by Crippen LogP contribution is -2.50. The van der Waals surface area contributed by atoms with Crippen LogP contribution in [0, 0.1) is 0 Å². The molecule has 0 bridgehead atoms. The molecule has 2 heterocycles. The number of H-pyrrole nitrogens is 1. The number of aromatic nitrogens is 2. The van der Waals surface area contributed by atoms with Crippen LogP contribution in [0.2, 0.25) is 0 Å². The van der Waals surface area contributed by atoms with Crippen LogP contribution in [0.15, 0.2) is 21.9 Å². The van der Waals surface area contributed by atoms with Crippen LogP contribution >= 0.6 is 23.5 Å². The Labute approximate surface area is 171 Å². The van der Waals surface area contributed by atoms with Gasteiger partial charge in [-0.2, -0.15) is 8.62 Å². The normalized spacial score (nSPS) is 30.6. The van der Waals surface area contributed by atoms with Gasteiger partial charge in [0.15, 0.2) is 6.23 Å². The van der Waals surface area contributed by atoms with E-state index in [-0.39, 0.29) is 0 Å². The Balaban J connectivity index is 2.21. The number of hydrogen-bond acceptors (Lipinski definition) is 12. The summed E-state index contributed by atoms with van der Waals surface area (Å²) in [5.74, 6) is -2.33. The zero-order valence-corrected chi connectivity index (χ0v) is 18.0. The first-order valence-corrected chi connectivity index (χ1v) is 12.3. The average molecular weight is 513 g/mol. The molecule has 0 spiro atoms. The minimum Gasteiger partial charge on any atom is -0.386 e. The highest BCUT2D eigenvalue weighted by molar-refractivity contribution is 7.66. The number of ether oxygens (including phenoxy) is 2. The van der Waals surface area contributed by atoms with Crippen molar-refractivity contribution in [3.05, 3.63) is 33.1 Å². The van der Waals surface area contributed by atoms with Crippen molar-refractivity contribution in [1.29, 1.82) is 0 Å². The summed E-state index contributed by atoms with van der Waals surface area (Å²) in [5.41, 5.74) is 4.10. The Hall–Kier alpha value is -1.07. The van der Waals surface area contributed by atoms with E-state index < -0.39 is 65.5 Å². The monoisotopic (exact) mass is 513 g/mol. The molecule has 6 atom stereocenters. The third-order valence-electron chi connectivity index (χ3n) is 3.78. The molecule has 21 heteroatoms. The Bertz CT molecular complexity index is 1060. The zero-order chi connectivity index (χ0) is 23.8. The first kappa shape index (κ1) is 26.2. The summed E-state index contributed by atoms with van der Waals surface area (Å²) in [6, 6.07) is -0.462. The van der Waals surface area contributed by atoms with Gasteiger partial charge in [-0.1, -0.05) is 0 Å². The van der Waals surface area contributed by atoms with Crippen LogP contribution in [-0.2, 0) is 36.3 Å². The highest BCUT2D eigenvalue weighted by Gasteiger charge is 2.56. The van der Waals surface area contributed by atoms with E-state index in [0.717, 1.165) is 23.9 Å². The number of aromatic amines is 1. The van der Waals surface area contributed by atoms with Crippen LogP contribution in [0.5, 0.6) is 0 Å². The average Bonchev–Trinajstić information content (AvgIpc) is 2.82. The van der Waals surface area contributed by atoms with Crippen LogP contribution < -0.4 is 17.0 Å². The molecule has 1 aromatic rings. The summed E-state index contributed by atoms with van der Waals surface area (Å²) in [7, 11) is -16.0. The third-order valence-corrected chi connectivity index (χ3v) is 7.56. The van der Waals surface area contributed by atoms with Gasteiger partial charge in [-0.3, -0.25) is 18.9 Å². The predicted molar refractivity (Wildman–Crippen MR) is 95.0 cm³/mol. The van der Waals surface area contributed by atoms with E-state index in [4.69, 9.17) is 29.9 Å². The Morgan fingerprint density at radius 1 is 1.19 bits per heavy atom. The summed E-state index contributed by atoms with van der Waals surface area (Å²) in [6.07, 6.45) is -2.30. The van der Waals surface area contributed by atoms with Crippen LogP contribution in [0.4, 0.5) is 0 Å². The minimum atomic E-state index is -5.78. The molecule has 1 aliphatic rings. The lowest BCUT2D eigenvalue weighted by Gasteiger charge is -2.30. The predicted octanol–water partition coefficient (Wildman–Crippen LogP) is -2.56. The second-order valence-corrected chi connectivity index (χ2v) is 10.3. The molecule has 0 aromatic carbocycles. The van der Waals surface area contributed by atoms with E-state index in [0.29, 0.717) is 0 Å². The van der Waals surface area contributed by atoms with Gasteiger partial charge < -0.3 is 39.9 Å². The van der Waals surface area contributed by atoms with Crippen LogP contribution in [0.1, 0.15) is 6.23 Å². The van der Waals surface area contributed by atoms with Crippen molar-refractivity contribution in [2.45, 2.75) is 24.2 Å². The van der Waals surface area contributed by atoms with Gasteiger partial charge >= 0.3 is 29.2 Å². The van der Waals surface area contributed by atoms with Gasteiger partial charge in [0.1, 0.15) is 12.7 Å². The van der Waals surface area contributed by atoms with Gasteiger partial charge in [0.2, 0.25) is 5.79 Å². The number of nitrogens with one attached hydrogen (secondary N) is 1. The third kappa shape index (κ3) is 6.47. The highest BCUT2D eigenvalue weighted by Crippen LogP contribution is 2.66. The summed E-state index contributed by atoms with van der Waals surface area (Å²) in [5, 5.41) is 10.4. The maximum absolute atomic E-state index is 11.9. The highest BCUT2D eigenvalue weighted by atomic mass is 31.3. The number of phosphoric acid groups is 3. The standard InChI is InChI=1S/C10H18N3O15P3/c1-24-10(4-25-30(20,21)28-31(22,23)27-29(17,18)19)7(15)6(11)8(26-10)13-3-2-5(14)12-9(13)16/h2-3,6-8,15H,4,11H2,1H3,(H,20,21)(H,22,23)(H,12,14,16)(H2,17,18,19)/t6-,7+,8-,10-/m1/s1. The van der Waals surface area contributed by atoms with Crippen molar-refractivity contribution < 1.29 is 61.0 Å². The van der Waals surface area contributed by atoms with Crippen LogP contribution in [0.25, 0.3) is 0 Å². The molecule has 31 heavy (non-hydrogen) atoms. The molecular weight excluding hydrogens is 495 g/mol. The van der Waals surface area contributed by atoms with Crippen molar-refractivity contribution in [1.82, 2.24) is 9.55 Å². The summed E-state index contributed by atoms with van der Waals surface area (Å²) in [6.45, 7) is -1.20. The molecule has 0 aliphatic carbocycles. The number of phosphoric ester groups is 1. The van der Waals surface area contributed by atoms with Gasteiger partial charge in [-0.25, -0.2) is 18.5 Å². The number of nitrogens with zero attached hydrogens (tertiary/aromatic N) is 1. The first-order chi connectivity index (χ1) is 14.0. The number of hydrogen-bond donors (Lipinski definition) is 7. The molecule has 8 N–H and O–H groups in total. The zero-order valence-electron chi connectivity index (χ0n) is 15.3. The molecule has 1 aliphatic heterocycles. The van der Waals surface area contributed by atoms with E-state index in [1.807, 2.05) is 4.98 Å². The van der Waals surface area contributed by atoms with E-state index in [9.17, 15) is 33.3 Å².